The van der Waals surface area contributed by atoms with Crippen molar-refractivity contribution in [2.75, 3.05) is 0 Å². The number of nitrogens with zero attached hydrogens (tertiary/aromatic N) is 1. The second-order valence-corrected chi connectivity index (χ2v) is 1.73. The molecule has 0 atom stereocenters. The van der Waals surface area contributed by atoms with Gasteiger partial charge in [0.2, 0.25) is 0 Å². The molecule has 0 saturated heterocycles. The van der Waals surface area contributed by atoms with Crippen molar-refractivity contribution in [3.8, 4) is 0 Å². The van der Waals surface area contributed by atoms with Crippen LogP contribution in [0, 0.1) is 6.92 Å². The molecule has 0 fully saturated rings. The van der Waals surface area contributed by atoms with Crippen LogP contribution in [0.5, 0.6) is 0 Å². The monoisotopic (exact) mass is 142 g/mol. The molecule has 2 N–H and O–H groups in total. The summed E-state index contributed by atoms with van der Waals surface area (Å²) in [5.41, 5.74) is 2.00. The number of hydroxylamine groups is 1. The zero-order valence-corrected chi connectivity index (χ0v) is 5.29. The summed E-state index contributed by atoms with van der Waals surface area (Å²) in [5, 5.41) is 8.10. The number of carbonyl (C=O) groups is 1. The number of hydrogen-bond donors (Lipinski definition) is 2. The zero-order valence-electron chi connectivity index (χ0n) is 5.29. The summed E-state index contributed by atoms with van der Waals surface area (Å²) in [6.45, 7) is 1.68. The zero-order chi connectivity index (χ0) is 7.56. The second kappa shape index (κ2) is 2.49. The topological polar surface area (TPSA) is 75.4 Å². The van der Waals surface area contributed by atoms with Crippen LogP contribution in [0.1, 0.15) is 16.4 Å². The Hall–Kier alpha value is -1.36. The average molecular weight is 142 g/mol. The van der Waals surface area contributed by atoms with E-state index in [1.54, 1.807) is 6.92 Å². The van der Waals surface area contributed by atoms with Gasteiger partial charge in [-0.25, -0.2) is 10.5 Å². The number of amides is 1. The molecule has 1 aromatic rings. The number of aryl methyl sites for hydroxylation is 1. The van der Waals surface area contributed by atoms with Crippen LogP contribution in [0.15, 0.2) is 10.7 Å². The summed E-state index contributed by atoms with van der Waals surface area (Å²) in [6, 6.07) is 0. The van der Waals surface area contributed by atoms with E-state index in [-0.39, 0.29) is 5.89 Å². The number of oxazole rings is 1. The largest absolute Gasteiger partial charge is 0.441 e. The maximum Gasteiger partial charge on any atom is 0.330 e. The van der Waals surface area contributed by atoms with Crippen molar-refractivity contribution in [1.82, 2.24) is 10.5 Å². The Balaban J connectivity index is 2.85. The molecule has 0 bridgehead atoms. The smallest absolute Gasteiger partial charge is 0.330 e. The standard InChI is InChI=1S/C5H6N2O3/c1-3-2-10-5(6-3)4(8)7-9/h2,9H,1H3,(H,7,8). The van der Waals surface area contributed by atoms with E-state index in [0.717, 1.165) is 0 Å². The lowest BCUT2D eigenvalue weighted by molar-refractivity contribution is 0.0668. The highest BCUT2D eigenvalue weighted by Crippen LogP contribution is 1.98. The molecule has 0 spiro atoms. The first-order valence-electron chi connectivity index (χ1n) is 2.60. The van der Waals surface area contributed by atoms with Crippen LogP contribution in [-0.4, -0.2) is 16.1 Å². The van der Waals surface area contributed by atoms with Crippen molar-refractivity contribution in [3.05, 3.63) is 17.8 Å². The second-order valence-electron chi connectivity index (χ2n) is 1.73. The van der Waals surface area contributed by atoms with Crippen molar-refractivity contribution >= 4 is 5.91 Å². The van der Waals surface area contributed by atoms with Gasteiger partial charge < -0.3 is 4.42 Å². The Bertz CT molecular complexity index is 243. The van der Waals surface area contributed by atoms with Crippen molar-refractivity contribution < 1.29 is 14.4 Å². The molecule has 0 aliphatic carbocycles. The molecule has 0 aromatic carbocycles. The van der Waals surface area contributed by atoms with Gasteiger partial charge in [-0.15, -0.1) is 0 Å². The third-order valence-electron chi connectivity index (χ3n) is 0.915. The van der Waals surface area contributed by atoms with Crippen LogP contribution < -0.4 is 5.48 Å². The van der Waals surface area contributed by atoms with E-state index < -0.39 is 5.91 Å². The lowest BCUT2D eigenvalue weighted by Crippen LogP contribution is -2.18. The van der Waals surface area contributed by atoms with E-state index in [0.29, 0.717) is 5.69 Å². The van der Waals surface area contributed by atoms with Crippen molar-refractivity contribution in [2.24, 2.45) is 0 Å². The van der Waals surface area contributed by atoms with Gasteiger partial charge >= 0.3 is 5.91 Å². The van der Waals surface area contributed by atoms with Gasteiger partial charge in [-0.1, -0.05) is 0 Å². The van der Waals surface area contributed by atoms with Gasteiger partial charge in [-0.3, -0.25) is 10.0 Å². The Morgan fingerprint density at radius 3 is 3.00 bits per heavy atom. The van der Waals surface area contributed by atoms with Crippen molar-refractivity contribution in [1.29, 1.82) is 0 Å². The summed E-state index contributed by atoms with van der Waals surface area (Å²) >= 11 is 0. The Morgan fingerprint density at radius 1 is 1.90 bits per heavy atom. The predicted molar refractivity (Wildman–Crippen MR) is 30.5 cm³/mol. The van der Waals surface area contributed by atoms with Gasteiger partial charge in [-0.05, 0) is 6.92 Å². The van der Waals surface area contributed by atoms with E-state index >= 15 is 0 Å². The fourth-order valence-corrected chi connectivity index (χ4v) is 0.506. The lowest BCUT2D eigenvalue weighted by Gasteiger charge is -1.87. The minimum Gasteiger partial charge on any atom is -0.441 e. The highest BCUT2D eigenvalue weighted by atomic mass is 16.5. The fourth-order valence-electron chi connectivity index (χ4n) is 0.506. The van der Waals surface area contributed by atoms with E-state index in [4.69, 9.17) is 5.21 Å². The summed E-state index contributed by atoms with van der Waals surface area (Å²) in [6.07, 6.45) is 1.32. The number of carbonyl (C=O) groups excluding carboxylic acids is 1. The van der Waals surface area contributed by atoms with Crippen LogP contribution in [-0.2, 0) is 0 Å². The molecule has 0 aliphatic heterocycles. The third kappa shape index (κ3) is 1.14. The molecule has 1 rings (SSSR count). The minimum atomic E-state index is -0.742. The van der Waals surface area contributed by atoms with E-state index in [9.17, 15) is 4.79 Å². The first-order chi connectivity index (χ1) is 4.74. The van der Waals surface area contributed by atoms with Gasteiger partial charge in [0, 0.05) is 0 Å². The molecular weight excluding hydrogens is 136 g/mol. The molecule has 54 valence electrons. The molecule has 10 heavy (non-hydrogen) atoms. The SMILES string of the molecule is Cc1coc(C(=O)NO)n1. The van der Waals surface area contributed by atoms with Gasteiger partial charge in [0.25, 0.3) is 5.89 Å². The van der Waals surface area contributed by atoms with Gasteiger partial charge in [0.1, 0.15) is 6.26 Å². The average Bonchev–Trinajstić information content (AvgIpc) is 2.34. The third-order valence-corrected chi connectivity index (χ3v) is 0.915. The first-order valence-corrected chi connectivity index (χ1v) is 2.60. The van der Waals surface area contributed by atoms with Crippen molar-refractivity contribution in [3.63, 3.8) is 0 Å². The maximum atomic E-state index is 10.5. The summed E-state index contributed by atoms with van der Waals surface area (Å²) in [5.74, 6) is -0.881. The fraction of sp³-hybridized carbons (Fsp3) is 0.200. The molecule has 0 aliphatic rings. The van der Waals surface area contributed by atoms with Crippen LogP contribution >= 0.6 is 0 Å². The van der Waals surface area contributed by atoms with Gasteiger partial charge in [-0.2, -0.15) is 0 Å². The maximum absolute atomic E-state index is 10.5. The molecular formula is C5H6N2O3. The highest BCUT2D eigenvalue weighted by Gasteiger charge is 2.09. The molecule has 5 heteroatoms. The van der Waals surface area contributed by atoms with E-state index in [1.807, 2.05) is 0 Å². The molecule has 1 aromatic heterocycles. The molecule has 0 unspecified atom stereocenters. The Kier molecular flexibility index (Phi) is 1.68. The molecule has 5 nitrogen and oxygen atoms in total. The first kappa shape index (κ1) is 6.76. The normalized spacial score (nSPS) is 9.40. The Morgan fingerprint density at radius 2 is 2.60 bits per heavy atom. The summed E-state index contributed by atoms with van der Waals surface area (Å²) in [7, 11) is 0. The van der Waals surface area contributed by atoms with Crippen LogP contribution in [0.25, 0.3) is 0 Å². The quantitative estimate of drug-likeness (QED) is 0.430. The van der Waals surface area contributed by atoms with Crippen LogP contribution in [0.3, 0.4) is 0 Å². The molecule has 1 amide bonds. The van der Waals surface area contributed by atoms with Crippen LogP contribution in [0.4, 0.5) is 0 Å². The number of rotatable bonds is 1. The molecule has 1 heterocycles. The van der Waals surface area contributed by atoms with E-state index in [1.165, 1.54) is 11.7 Å². The minimum absolute atomic E-state index is 0.139. The van der Waals surface area contributed by atoms with Gasteiger partial charge in [0.05, 0.1) is 5.69 Å². The number of nitrogens with one attached hydrogen (secondary N) is 1. The molecule has 0 radical (unpaired) electrons. The summed E-state index contributed by atoms with van der Waals surface area (Å²) in [4.78, 5) is 14.2. The molecule has 0 saturated carbocycles. The predicted octanol–water partition coefficient (Wildman–Crippen LogP) is 0.102. The van der Waals surface area contributed by atoms with Gasteiger partial charge in [0.15, 0.2) is 0 Å². The summed E-state index contributed by atoms with van der Waals surface area (Å²) < 4.78 is 4.63. The highest BCUT2D eigenvalue weighted by molar-refractivity contribution is 5.88. The van der Waals surface area contributed by atoms with Crippen LogP contribution in [0.2, 0.25) is 0 Å². The number of hydrogen-bond acceptors (Lipinski definition) is 4. The Labute approximate surface area is 56.6 Å². The van der Waals surface area contributed by atoms with Crippen molar-refractivity contribution in [2.45, 2.75) is 6.92 Å². The van der Waals surface area contributed by atoms with E-state index in [2.05, 4.69) is 9.40 Å². The number of aromatic nitrogens is 1. The lowest BCUT2D eigenvalue weighted by atomic mass is 10.6.